The van der Waals surface area contributed by atoms with Crippen LogP contribution in [0.25, 0.3) is 0 Å². The summed E-state index contributed by atoms with van der Waals surface area (Å²) in [4.78, 5) is 2.44. The predicted molar refractivity (Wildman–Crippen MR) is 97.0 cm³/mol. The molecule has 3 heterocycles. The van der Waals surface area contributed by atoms with Gasteiger partial charge in [0.1, 0.15) is 0 Å². The molecule has 3 heteroatoms. The third-order valence-corrected chi connectivity index (χ3v) is 5.21. The third kappa shape index (κ3) is 3.16. The molecule has 23 heavy (non-hydrogen) atoms. The Bertz CT molecular complexity index is 582. The molecule has 0 radical (unpaired) electrons. The van der Waals surface area contributed by atoms with Crippen LogP contribution in [0.1, 0.15) is 51.9 Å². The average Bonchev–Trinajstić information content (AvgIpc) is 2.57. The summed E-state index contributed by atoms with van der Waals surface area (Å²) in [7, 11) is 0. The largest absolute Gasteiger partial charge is 0.353 e. The van der Waals surface area contributed by atoms with Crippen molar-refractivity contribution in [3.63, 3.8) is 0 Å². The summed E-state index contributed by atoms with van der Waals surface area (Å²) >= 11 is 0. The second-order valence-corrected chi connectivity index (χ2v) is 6.78. The molecular weight excluding hydrogens is 282 g/mol. The smallest absolute Gasteiger partial charge is 0.0972 e. The topological polar surface area (TPSA) is 18.5 Å². The lowest BCUT2D eigenvalue weighted by atomic mass is 9.92. The van der Waals surface area contributed by atoms with Crippen molar-refractivity contribution in [2.75, 3.05) is 6.54 Å². The maximum atomic E-state index is 4.42. The second-order valence-electron chi connectivity index (χ2n) is 6.78. The molecule has 0 aromatic heterocycles. The molecule has 3 aliphatic rings. The fourth-order valence-corrected chi connectivity index (χ4v) is 3.71. The van der Waals surface area contributed by atoms with Crippen LogP contribution in [-0.2, 0) is 0 Å². The molecule has 124 valence electrons. The molecule has 2 saturated heterocycles. The standard InChI is InChI=1S/C20H29N3/c1-5-15(2)9-8-10-18-16(3)12-14-23-20(18)17(4)22-13-7-6-11-19(22)21-23/h12,14,19,21H,2-11,13H2,1H3/t19-/m0/s1. The molecule has 0 saturated carbocycles. The van der Waals surface area contributed by atoms with E-state index in [1.807, 2.05) is 0 Å². The van der Waals surface area contributed by atoms with Crippen LogP contribution < -0.4 is 5.43 Å². The van der Waals surface area contributed by atoms with Crippen LogP contribution >= 0.6 is 0 Å². The zero-order valence-electron chi connectivity index (χ0n) is 14.4. The molecule has 0 aliphatic carbocycles. The van der Waals surface area contributed by atoms with E-state index < -0.39 is 0 Å². The Hall–Kier alpha value is -1.74. The van der Waals surface area contributed by atoms with Crippen LogP contribution in [0.5, 0.6) is 0 Å². The minimum Gasteiger partial charge on any atom is -0.353 e. The van der Waals surface area contributed by atoms with Gasteiger partial charge in [-0.15, -0.1) is 0 Å². The number of piperidine rings is 1. The Balaban J connectivity index is 1.81. The van der Waals surface area contributed by atoms with Gasteiger partial charge in [0.25, 0.3) is 0 Å². The zero-order chi connectivity index (χ0) is 16.4. The fraction of sp³-hybridized carbons (Fsp3) is 0.500. The molecule has 3 aliphatic heterocycles. The van der Waals surface area contributed by atoms with Gasteiger partial charge in [0.15, 0.2) is 0 Å². The highest BCUT2D eigenvalue weighted by molar-refractivity contribution is 5.50. The van der Waals surface area contributed by atoms with E-state index in [2.05, 4.69) is 54.3 Å². The van der Waals surface area contributed by atoms with Gasteiger partial charge >= 0.3 is 0 Å². The SMILES string of the molecule is C=C(CC)CCCC1=C2C(=C)N3CCCC[C@H]3NN2C=CC1=C. The summed E-state index contributed by atoms with van der Waals surface area (Å²) in [6.07, 6.45) is 12.7. The van der Waals surface area contributed by atoms with Crippen molar-refractivity contribution >= 4 is 0 Å². The van der Waals surface area contributed by atoms with Crippen molar-refractivity contribution in [3.05, 3.63) is 60.1 Å². The van der Waals surface area contributed by atoms with Crippen LogP contribution in [-0.4, -0.2) is 22.6 Å². The Morgan fingerprint density at radius 3 is 2.96 bits per heavy atom. The quantitative estimate of drug-likeness (QED) is 0.748. The van der Waals surface area contributed by atoms with Gasteiger partial charge in [0, 0.05) is 12.7 Å². The van der Waals surface area contributed by atoms with Crippen molar-refractivity contribution in [2.24, 2.45) is 0 Å². The van der Waals surface area contributed by atoms with Gasteiger partial charge in [-0.3, -0.25) is 5.01 Å². The lowest BCUT2D eigenvalue weighted by Crippen LogP contribution is -2.58. The van der Waals surface area contributed by atoms with E-state index in [1.165, 1.54) is 36.1 Å². The second kappa shape index (κ2) is 6.79. The number of allylic oxidation sites excluding steroid dienone is 4. The summed E-state index contributed by atoms with van der Waals surface area (Å²) < 4.78 is 0. The maximum Gasteiger partial charge on any atom is 0.0972 e. The highest BCUT2D eigenvalue weighted by Gasteiger charge is 2.35. The Labute approximate surface area is 140 Å². The van der Waals surface area contributed by atoms with Crippen LogP contribution in [0.4, 0.5) is 0 Å². The average molecular weight is 311 g/mol. The van der Waals surface area contributed by atoms with Crippen LogP contribution in [0, 0.1) is 0 Å². The molecule has 0 unspecified atom stereocenters. The summed E-state index contributed by atoms with van der Waals surface area (Å²) in [5.74, 6) is 0. The van der Waals surface area contributed by atoms with Crippen molar-refractivity contribution < 1.29 is 0 Å². The Morgan fingerprint density at radius 1 is 1.35 bits per heavy atom. The molecule has 1 atom stereocenters. The molecular formula is C20H29N3. The van der Waals surface area contributed by atoms with Gasteiger partial charge in [-0.2, -0.15) is 0 Å². The number of nitrogens with zero attached hydrogens (tertiary/aromatic N) is 2. The number of rotatable bonds is 5. The summed E-state index contributed by atoms with van der Waals surface area (Å²) in [5.41, 5.74) is 9.81. The number of hydrogen-bond acceptors (Lipinski definition) is 3. The number of hydrogen-bond donors (Lipinski definition) is 1. The molecule has 0 aromatic rings. The number of hydrazine groups is 1. The van der Waals surface area contributed by atoms with E-state index in [1.54, 1.807) is 0 Å². The minimum atomic E-state index is 0.386. The number of nitrogens with one attached hydrogen (secondary N) is 1. The Morgan fingerprint density at radius 2 is 2.17 bits per heavy atom. The van der Waals surface area contributed by atoms with E-state index in [-0.39, 0.29) is 0 Å². The van der Waals surface area contributed by atoms with E-state index in [0.717, 1.165) is 43.5 Å². The maximum absolute atomic E-state index is 4.42. The van der Waals surface area contributed by atoms with Gasteiger partial charge in [-0.25, -0.2) is 5.43 Å². The summed E-state index contributed by atoms with van der Waals surface area (Å²) in [6.45, 7) is 16.1. The zero-order valence-corrected chi connectivity index (χ0v) is 14.4. The molecule has 0 spiro atoms. The third-order valence-electron chi connectivity index (χ3n) is 5.21. The fourth-order valence-electron chi connectivity index (χ4n) is 3.71. The lowest BCUT2D eigenvalue weighted by molar-refractivity contribution is 0.0699. The van der Waals surface area contributed by atoms with E-state index >= 15 is 0 Å². The van der Waals surface area contributed by atoms with Crippen molar-refractivity contribution in [1.82, 2.24) is 15.3 Å². The summed E-state index contributed by atoms with van der Waals surface area (Å²) in [5, 5.41) is 2.17. The first-order valence-corrected chi connectivity index (χ1v) is 8.90. The molecule has 0 aromatic carbocycles. The molecule has 3 nitrogen and oxygen atoms in total. The first kappa shape index (κ1) is 16.1. The molecule has 0 bridgehead atoms. The van der Waals surface area contributed by atoms with Gasteiger partial charge in [-0.1, -0.05) is 32.2 Å². The normalized spacial score (nSPS) is 24.0. The van der Waals surface area contributed by atoms with E-state index in [9.17, 15) is 0 Å². The van der Waals surface area contributed by atoms with E-state index in [0.29, 0.717) is 6.17 Å². The van der Waals surface area contributed by atoms with Crippen molar-refractivity contribution in [3.8, 4) is 0 Å². The van der Waals surface area contributed by atoms with Gasteiger partial charge < -0.3 is 4.90 Å². The highest BCUT2D eigenvalue weighted by atomic mass is 15.6. The predicted octanol–water partition coefficient (Wildman–Crippen LogP) is 4.61. The van der Waals surface area contributed by atoms with Gasteiger partial charge in [-0.05, 0) is 62.2 Å². The molecule has 3 rings (SSSR count). The molecule has 0 amide bonds. The molecule has 2 fully saturated rings. The summed E-state index contributed by atoms with van der Waals surface area (Å²) in [6, 6.07) is 0. The van der Waals surface area contributed by atoms with Crippen molar-refractivity contribution in [2.45, 2.75) is 58.0 Å². The van der Waals surface area contributed by atoms with Crippen LogP contribution in [0.3, 0.4) is 0 Å². The highest BCUT2D eigenvalue weighted by Crippen LogP contribution is 2.37. The lowest BCUT2D eigenvalue weighted by Gasteiger charge is -2.49. The first-order valence-electron chi connectivity index (χ1n) is 8.90. The van der Waals surface area contributed by atoms with Crippen LogP contribution in [0.2, 0.25) is 0 Å². The van der Waals surface area contributed by atoms with Crippen molar-refractivity contribution in [1.29, 1.82) is 0 Å². The van der Waals surface area contributed by atoms with Gasteiger partial charge in [0.05, 0.1) is 17.6 Å². The van der Waals surface area contributed by atoms with Crippen LogP contribution in [0.15, 0.2) is 60.1 Å². The first-order chi connectivity index (χ1) is 11.1. The van der Waals surface area contributed by atoms with E-state index in [4.69, 9.17) is 0 Å². The minimum absolute atomic E-state index is 0.386. The van der Waals surface area contributed by atoms with Gasteiger partial charge in [0.2, 0.25) is 0 Å². The number of fused-ring (bicyclic) bond motifs is 2. The molecule has 1 N–H and O–H groups in total. The monoisotopic (exact) mass is 311 g/mol. The Kier molecular flexibility index (Phi) is 4.76.